The first kappa shape index (κ1) is 12.2. The maximum absolute atomic E-state index is 6.13. The summed E-state index contributed by atoms with van der Waals surface area (Å²) in [6, 6.07) is 5.67. The average molecular weight is 268 g/mol. The third-order valence-electron chi connectivity index (χ3n) is 2.48. The fourth-order valence-electron chi connectivity index (χ4n) is 1.58. The molecule has 2 rings (SSSR count). The van der Waals surface area contributed by atoms with Gasteiger partial charge in [0.15, 0.2) is 0 Å². The Morgan fingerprint density at radius 1 is 1.53 bits per heavy atom. The van der Waals surface area contributed by atoms with Gasteiger partial charge in [-0.05, 0) is 24.6 Å². The highest BCUT2D eigenvalue weighted by atomic mass is 35.5. The molecule has 1 aromatic heterocycles. The summed E-state index contributed by atoms with van der Waals surface area (Å²) in [6.07, 6.45) is 2.77. The highest BCUT2D eigenvalue weighted by Crippen LogP contribution is 2.29. The first-order valence-electron chi connectivity index (χ1n) is 5.41. The lowest BCUT2D eigenvalue weighted by atomic mass is 10.2. The van der Waals surface area contributed by atoms with Crippen LogP contribution in [-0.4, -0.2) is 4.98 Å². The van der Waals surface area contributed by atoms with E-state index in [2.05, 4.69) is 17.2 Å². The van der Waals surface area contributed by atoms with Gasteiger partial charge in [-0.25, -0.2) is 4.98 Å². The summed E-state index contributed by atoms with van der Waals surface area (Å²) in [5, 5.41) is 7.07. The number of rotatable bonds is 4. The molecule has 0 aliphatic rings. The monoisotopic (exact) mass is 267 g/mol. The van der Waals surface area contributed by atoms with Gasteiger partial charge in [-0.1, -0.05) is 18.5 Å². The van der Waals surface area contributed by atoms with Crippen molar-refractivity contribution in [2.24, 2.45) is 0 Å². The second-order valence-corrected chi connectivity index (χ2v) is 5.05. The summed E-state index contributed by atoms with van der Waals surface area (Å²) in [4.78, 5) is 4.32. The van der Waals surface area contributed by atoms with Crippen molar-refractivity contribution in [3.05, 3.63) is 39.8 Å². The van der Waals surface area contributed by atoms with Gasteiger partial charge >= 0.3 is 0 Å². The number of hydrogen-bond acceptors (Lipinski definition) is 4. The van der Waals surface area contributed by atoms with Crippen LogP contribution in [0.2, 0.25) is 5.02 Å². The molecule has 0 aliphatic carbocycles. The van der Waals surface area contributed by atoms with Crippen molar-refractivity contribution >= 4 is 34.3 Å². The van der Waals surface area contributed by atoms with Crippen LogP contribution in [0.25, 0.3) is 0 Å². The number of benzene rings is 1. The Morgan fingerprint density at radius 3 is 2.94 bits per heavy atom. The van der Waals surface area contributed by atoms with E-state index in [4.69, 9.17) is 17.3 Å². The first-order chi connectivity index (χ1) is 8.20. The molecule has 0 amide bonds. The minimum Gasteiger partial charge on any atom is -0.399 e. The molecule has 0 saturated heterocycles. The zero-order valence-corrected chi connectivity index (χ0v) is 11.1. The molecule has 5 heteroatoms. The Hall–Kier alpha value is -1.26. The Bertz CT molecular complexity index is 485. The summed E-state index contributed by atoms with van der Waals surface area (Å²) in [5.74, 6) is 0. The zero-order chi connectivity index (χ0) is 12.3. The molecule has 0 aliphatic heterocycles. The second kappa shape index (κ2) is 5.38. The van der Waals surface area contributed by atoms with Crippen LogP contribution in [0.15, 0.2) is 29.8 Å². The van der Waals surface area contributed by atoms with E-state index in [0.717, 1.165) is 17.1 Å². The zero-order valence-electron chi connectivity index (χ0n) is 9.48. The van der Waals surface area contributed by atoms with Gasteiger partial charge in [-0.15, -0.1) is 11.3 Å². The number of aromatic nitrogens is 1. The van der Waals surface area contributed by atoms with Gasteiger partial charge in [0.1, 0.15) is 5.01 Å². The lowest BCUT2D eigenvalue weighted by Crippen LogP contribution is -2.09. The molecular weight excluding hydrogens is 254 g/mol. The number of nitrogen functional groups attached to an aromatic ring is 1. The van der Waals surface area contributed by atoms with Crippen molar-refractivity contribution in [3.63, 3.8) is 0 Å². The molecule has 17 heavy (non-hydrogen) atoms. The van der Waals surface area contributed by atoms with Crippen LogP contribution < -0.4 is 11.1 Å². The highest BCUT2D eigenvalue weighted by molar-refractivity contribution is 7.09. The topological polar surface area (TPSA) is 50.9 Å². The molecule has 0 fully saturated rings. The number of anilines is 2. The molecular formula is C12H14ClN3S. The summed E-state index contributed by atoms with van der Waals surface area (Å²) in [6.45, 7) is 2.12. The van der Waals surface area contributed by atoms with Gasteiger partial charge in [0.2, 0.25) is 0 Å². The predicted octanol–water partition coefficient (Wildman–Crippen LogP) is 3.94. The van der Waals surface area contributed by atoms with Gasteiger partial charge in [0, 0.05) is 17.3 Å². The summed E-state index contributed by atoms with van der Waals surface area (Å²) in [5.41, 5.74) is 7.22. The molecule has 0 bridgehead atoms. The van der Waals surface area contributed by atoms with Crippen molar-refractivity contribution in [2.75, 3.05) is 11.1 Å². The quantitative estimate of drug-likeness (QED) is 0.825. The van der Waals surface area contributed by atoms with E-state index >= 15 is 0 Å². The smallest absolute Gasteiger partial charge is 0.115 e. The third kappa shape index (κ3) is 2.90. The van der Waals surface area contributed by atoms with E-state index in [0.29, 0.717) is 10.7 Å². The number of nitrogens with two attached hydrogens (primary N) is 1. The SMILES string of the molecule is CCC(Nc1ccc(N)cc1Cl)c1nccs1. The molecule has 1 aromatic carbocycles. The van der Waals surface area contributed by atoms with E-state index in [-0.39, 0.29) is 6.04 Å². The molecule has 1 atom stereocenters. The number of nitrogens with zero attached hydrogens (tertiary/aromatic N) is 1. The number of nitrogens with one attached hydrogen (secondary N) is 1. The van der Waals surface area contributed by atoms with Crippen molar-refractivity contribution < 1.29 is 0 Å². The Kier molecular flexibility index (Phi) is 3.86. The molecule has 2 aromatic rings. The number of halogens is 1. The van der Waals surface area contributed by atoms with E-state index < -0.39 is 0 Å². The van der Waals surface area contributed by atoms with Crippen LogP contribution >= 0.6 is 22.9 Å². The standard InChI is InChI=1S/C12H14ClN3S/c1-2-10(12-15-5-6-17-12)16-11-4-3-8(14)7-9(11)13/h3-7,10,16H,2,14H2,1H3. The minimum atomic E-state index is 0.191. The molecule has 3 nitrogen and oxygen atoms in total. The largest absolute Gasteiger partial charge is 0.399 e. The fraction of sp³-hybridized carbons (Fsp3) is 0.250. The number of hydrogen-bond donors (Lipinski definition) is 2. The van der Waals surface area contributed by atoms with Gasteiger partial charge in [-0.3, -0.25) is 0 Å². The van der Waals surface area contributed by atoms with E-state index in [1.165, 1.54) is 0 Å². The third-order valence-corrected chi connectivity index (χ3v) is 3.68. The lowest BCUT2D eigenvalue weighted by Gasteiger charge is -2.17. The molecule has 1 unspecified atom stereocenters. The van der Waals surface area contributed by atoms with E-state index in [1.54, 1.807) is 17.4 Å². The lowest BCUT2D eigenvalue weighted by molar-refractivity contribution is 0.742. The Balaban J connectivity index is 2.19. The summed E-state index contributed by atoms with van der Waals surface area (Å²) >= 11 is 7.77. The van der Waals surface area contributed by atoms with E-state index in [1.807, 2.05) is 23.7 Å². The second-order valence-electron chi connectivity index (χ2n) is 3.71. The Labute approximate surface area is 110 Å². The van der Waals surface area contributed by atoms with Crippen LogP contribution in [-0.2, 0) is 0 Å². The predicted molar refractivity (Wildman–Crippen MR) is 74.6 cm³/mol. The fourth-order valence-corrected chi connectivity index (χ4v) is 2.60. The van der Waals surface area contributed by atoms with Gasteiger partial charge < -0.3 is 11.1 Å². The van der Waals surface area contributed by atoms with Crippen molar-refractivity contribution in [1.82, 2.24) is 4.98 Å². The van der Waals surface area contributed by atoms with Gasteiger partial charge in [0.25, 0.3) is 0 Å². The summed E-state index contributed by atoms with van der Waals surface area (Å²) < 4.78 is 0. The van der Waals surface area contributed by atoms with Gasteiger partial charge in [-0.2, -0.15) is 0 Å². The normalized spacial score (nSPS) is 12.4. The van der Waals surface area contributed by atoms with Crippen LogP contribution in [0, 0.1) is 0 Å². The average Bonchev–Trinajstić information content (AvgIpc) is 2.81. The highest BCUT2D eigenvalue weighted by Gasteiger charge is 2.13. The maximum Gasteiger partial charge on any atom is 0.115 e. The van der Waals surface area contributed by atoms with Crippen molar-refractivity contribution in [1.29, 1.82) is 0 Å². The van der Waals surface area contributed by atoms with Crippen molar-refractivity contribution in [2.45, 2.75) is 19.4 Å². The molecule has 0 spiro atoms. The molecule has 0 radical (unpaired) electrons. The van der Waals surface area contributed by atoms with Crippen LogP contribution in [0.5, 0.6) is 0 Å². The summed E-state index contributed by atoms with van der Waals surface area (Å²) in [7, 11) is 0. The maximum atomic E-state index is 6.13. The number of thiazole rings is 1. The molecule has 3 N–H and O–H groups in total. The Morgan fingerprint density at radius 2 is 2.35 bits per heavy atom. The van der Waals surface area contributed by atoms with E-state index in [9.17, 15) is 0 Å². The van der Waals surface area contributed by atoms with Crippen LogP contribution in [0.1, 0.15) is 24.4 Å². The van der Waals surface area contributed by atoms with Crippen LogP contribution in [0.3, 0.4) is 0 Å². The van der Waals surface area contributed by atoms with Gasteiger partial charge in [0.05, 0.1) is 16.8 Å². The molecule has 90 valence electrons. The molecule has 1 heterocycles. The first-order valence-corrected chi connectivity index (χ1v) is 6.67. The minimum absolute atomic E-state index is 0.191. The van der Waals surface area contributed by atoms with Crippen LogP contribution in [0.4, 0.5) is 11.4 Å². The molecule has 0 saturated carbocycles. The van der Waals surface area contributed by atoms with Crippen molar-refractivity contribution in [3.8, 4) is 0 Å².